The molecule has 0 aliphatic carbocycles. The second-order valence-corrected chi connectivity index (χ2v) is 5.91. The molecule has 1 heterocycles. The fourth-order valence-electron chi connectivity index (χ4n) is 2.68. The number of methoxy groups -OCH3 is 1. The Labute approximate surface area is 151 Å². The van der Waals surface area contributed by atoms with E-state index in [0.717, 1.165) is 17.1 Å². The minimum Gasteiger partial charge on any atom is -0.465 e. The zero-order valence-corrected chi connectivity index (χ0v) is 14.8. The van der Waals surface area contributed by atoms with Gasteiger partial charge in [0.15, 0.2) is 0 Å². The van der Waals surface area contributed by atoms with E-state index < -0.39 is 5.97 Å². The van der Waals surface area contributed by atoms with Gasteiger partial charge in [-0.05, 0) is 62.4 Å². The topological polar surface area (TPSA) is 73.2 Å². The summed E-state index contributed by atoms with van der Waals surface area (Å²) in [4.78, 5) is 24.0. The van der Waals surface area contributed by atoms with Crippen molar-refractivity contribution in [2.24, 2.45) is 0 Å². The molecular formula is C20H19N3O3. The number of aromatic nitrogens is 2. The maximum absolute atomic E-state index is 12.5. The van der Waals surface area contributed by atoms with Crippen LogP contribution in [0.3, 0.4) is 0 Å². The van der Waals surface area contributed by atoms with Gasteiger partial charge < -0.3 is 10.1 Å². The molecule has 3 rings (SSSR count). The quantitative estimate of drug-likeness (QED) is 0.731. The van der Waals surface area contributed by atoms with Crippen molar-refractivity contribution < 1.29 is 14.3 Å². The van der Waals surface area contributed by atoms with E-state index in [9.17, 15) is 9.59 Å². The standard InChI is InChI=1S/C20H19N3O3/c1-13-11-14(2)23(22-13)18-6-4-5-16(12-18)19(24)21-17-9-7-15(8-10-17)20(25)26-3/h4-12H,1-3H3,(H,21,24). The zero-order valence-electron chi connectivity index (χ0n) is 14.8. The van der Waals surface area contributed by atoms with Crippen LogP contribution in [0.15, 0.2) is 54.6 Å². The van der Waals surface area contributed by atoms with Gasteiger partial charge in [-0.3, -0.25) is 4.79 Å². The Bertz CT molecular complexity index is 959. The van der Waals surface area contributed by atoms with Gasteiger partial charge in [-0.1, -0.05) is 6.07 Å². The summed E-state index contributed by atoms with van der Waals surface area (Å²) in [7, 11) is 1.33. The number of nitrogens with one attached hydrogen (secondary N) is 1. The Morgan fingerprint density at radius 3 is 2.35 bits per heavy atom. The number of hydrogen-bond acceptors (Lipinski definition) is 4. The highest BCUT2D eigenvalue weighted by Gasteiger charge is 2.10. The molecule has 2 aromatic carbocycles. The number of esters is 1. The summed E-state index contributed by atoms with van der Waals surface area (Å²) < 4.78 is 6.46. The number of anilines is 1. The van der Waals surface area contributed by atoms with Gasteiger partial charge in [0.1, 0.15) is 0 Å². The second-order valence-electron chi connectivity index (χ2n) is 5.91. The van der Waals surface area contributed by atoms with Crippen LogP contribution in [0.1, 0.15) is 32.1 Å². The number of ether oxygens (including phenoxy) is 1. The lowest BCUT2D eigenvalue weighted by atomic mass is 10.1. The number of amides is 1. The lowest BCUT2D eigenvalue weighted by Crippen LogP contribution is -2.13. The van der Waals surface area contributed by atoms with Gasteiger partial charge in [-0.2, -0.15) is 5.10 Å². The Kier molecular flexibility index (Phi) is 4.84. The zero-order chi connectivity index (χ0) is 18.7. The van der Waals surface area contributed by atoms with Crippen molar-refractivity contribution >= 4 is 17.6 Å². The predicted octanol–water partition coefficient (Wildman–Crippen LogP) is 3.53. The molecule has 0 saturated heterocycles. The average Bonchev–Trinajstić information content (AvgIpc) is 3.00. The van der Waals surface area contributed by atoms with Crippen molar-refractivity contribution in [3.63, 3.8) is 0 Å². The molecule has 6 heteroatoms. The molecule has 3 aromatic rings. The van der Waals surface area contributed by atoms with Gasteiger partial charge in [0, 0.05) is 16.9 Å². The summed E-state index contributed by atoms with van der Waals surface area (Å²) in [5.41, 5.74) is 4.29. The van der Waals surface area contributed by atoms with Crippen molar-refractivity contribution in [3.8, 4) is 5.69 Å². The molecule has 26 heavy (non-hydrogen) atoms. The first kappa shape index (κ1) is 17.4. The highest BCUT2D eigenvalue weighted by molar-refractivity contribution is 6.04. The molecule has 0 atom stereocenters. The molecule has 0 aliphatic rings. The van der Waals surface area contributed by atoms with Crippen LogP contribution < -0.4 is 5.32 Å². The van der Waals surface area contributed by atoms with Crippen LogP contribution in [0.5, 0.6) is 0 Å². The summed E-state index contributed by atoms with van der Waals surface area (Å²) in [5, 5.41) is 7.26. The van der Waals surface area contributed by atoms with Crippen LogP contribution in [0.25, 0.3) is 5.69 Å². The molecule has 1 aromatic heterocycles. The SMILES string of the molecule is COC(=O)c1ccc(NC(=O)c2cccc(-n3nc(C)cc3C)c2)cc1. The third-order valence-corrected chi connectivity index (χ3v) is 3.93. The van der Waals surface area contributed by atoms with Gasteiger partial charge >= 0.3 is 5.97 Å². The van der Waals surface area contributed by atoms with E-state index in [1.807, 2.05) is 32.0 Å². The Morgan fingerprint density at radius 1 is 1.00 bits per heavy atom. The van der Waals surface area contributed by atoms with E-state index in [1.54, 1.807) is 41.1 Å². The van der Waals surface area contributed by atoms with Gasteiger partial charge in [0.2, 0.25) is 0 Å². The number of carbonyl (C=O) groups excluding carboxylic acids is 2. The predicted molar refractivity (Wildman–Crippen MR) is 98.8 cm³/mol. The van der Waals surface area contributed by atoms with Gasteiger partial charge in [-0.25, -0.2) is 9.48 Å². The van der Waals surface area contributed by atoms with Crippen LogP contribution in [0, 0.1) is 13.8 Å². The monoisotopic (exact) mass is 349 g/mol. The fraction of sp³-hybridized carbons (Fsp3) is 0.150. The van der Waals surface area contributed by atoms with E-state index in [2.05, 4.69) is 15.2 Å². The lowest BCUT2D eigenvalue weighted by molar-refractivity contribution is 0.0600. The number of rotatable bonds is 4. The van der Waals surface area contributed by atoms with Crippen molar-refractivity contribution in [1.29, 1.82) is 0 Å². The summed E-state index contributed by atoms with van der Waals surface area (Å²) in [5.74, 6) is -0.653. The lowest BCUT2D eigenvalue weighted by Gasteiger charge is -2.09. The Hall–Kier alpha value is -3.41. The summed E-state index contributed by atoms with van der Waals surface area (Å²) in [6.45, 7) is 3.90. The first-order valence-corrected chi connectivity index (χ1v) is 8.11. The third-order valence-electron chi connectivity index (χ3n) is 3.93. The van der Waals surface area contributed by atoms with E-state index in [-0.39, 0.29) is 5.91 Å². The van der Waals surface area contributed by atoms with Crippen LogP contribution in [0.2, 0.25) is 0 Å². The van der Waals surface area contributed by atoms with Gasteiger partial charge in [0.05, 0.1) is 24.1 Å². The van der Waals surface area contributed by atoms with Crippen LogP contribution in [-0.2, 0) is 4.74 Å². The van der Waals surface area contributed by atoms with Crippen molar-refractivity contribution in [3.05, 3.63) is 77.1 Å². The Balaban J connectivity index is 1.79. The highest BCUT2D eigenvalue weighted by atomic mass is 16.5. The molecule has 0 spiro atoms. The van der Waals surface area contributed by atoms with Gasteiger partial charge in [-0.15, -0.1) is 0 Å². The summed E-state index contributed by atoms with van der Waals surface area (Å²) >= 11 is 0. The minimum absolute atomic E-state index is 0.237. The third kappa shape index (κ3) is 3.64. The number of benzene rings is 2. The maximum atomic E-state index is 12.5. The van der Waals surface area contributed by atoms with E-state index >= 15 is 0 Å². The van der Waals surface area contributed by atoms with Crippen LogP contribution >= 0.6 is 0 Å². The average molecular weight is 349 g/mol. The van der Waals surface area contributed by atoms with Crippen LogP contribution in [-0.4, -0.2) is 28.8 Å². The molecule has 0 unspecified atom stereocenters. The Morgan fingerprint density at radius 2 is 1.73 bits per heavy atom. The fourth-order valence-corrected chi connectivity index (χ4v) is 2.68. The summed E-state index contributed by atoms with van der Waals surface area (Å²) in [6.07, 6.45) is 0. The van der Waals surface area contributed by atoms with Crippen molar-refractivity contribution in [2.45, 2.75) is 13.8 Å². The summed E-state index contributed by atoms with van der Waals surface area (Å²) in [6, 6.07) is 15.8. The largest absolute Gasteiger partial charge is 0.465 e. The molecular weight excluding hydrogens is 330 g/mol. The first-order valence-electron chi connectivity index (χ1n) is 8.11. The number of carbonyl (C=O) groups is 2. The molecule has 132 valence electrons. The normalized spacial score (nSPS) is 10.4. The minimum atomic E-state index is -0.416. The highest BCUT2D eigenvalue weighted by Crippen LogP contribution is 2.16. The number of aryl methyl sites for hydroxylation is 2. The molecule has 0 saturated carbocycles. The number of nitrogens with zero attached hydrogens (tertiary/aromatic N) is 2. The molecule has 6 nitrogen and oxygen atoms in total. The molecule has 1 N–H and O–H groups in total. The molecule has 1 amide bonds. The maximum Gasteiger partial charge on any atom is 0.337 e. The van der Waals surface area contributed by atoms with E-state index in [1.165, 1.54) is 7.11 Å². The van der Waals surface area contributed by atoms with Gasteiger partial charge in [0.25, 0.3) is 5.91 Å². The molecule has 0 aliphatic heterocycles. The van der Waals surface area contributed by atoms with Crippen molar-refractivity contribution in [1.82, 2.24) is 9.78 Å². The smallest absolute Gasteiger partial charge is 0.337 e. The molecule has 0 fully saturated rings. The number of hydrogen-bond donors (Lipinski definition) is 1. The molecule has 0 bridgehead atoms. The van der Waals surface area contributed by atoms with E-state index in [0.29, 0.717) is 16.8 Å². The molecule has 0 radical (unpaired) electrons. The van der Waals surface area contributed by atoms with Crippen molar-refractivity contribution in [2.75, 3.05) is 12.4 Å². The second kappa shape index (κ2) is 7.23. The van der Waals surface area contributed by atoms with E-state index in [4.69, 9.17) is 0 Å². The first-order chi connectivity index (χ1) is 12.5. The van der Waals surface area contributed by atoms with Crippen LogP contribution in [0.4, 0.5) is 5.69 Å².